The van der Waals surface area contributed by atoms with Gasteiger partial charge < -0.3 is 10.6 Å². The smallest absolute Gasteiger partial charge is 0.330 e. The molecule has 1 aliphatic rings. The van der Waals surface area contributed by atoms with Crippen LogP contribution in [0.5, 0.6) is 0 Å². The van der Waals surface area contributed by atoms with Crippen LogP contribution in [0.4, 0.5) is 11.6 Å². The number of nitrogens with zero attached hydrogens (tertiary/aromatic N) is 3. The molecule has 0 radical (unpaired) electrons. The number of aryl methyl sites for hydroxylation is 1. The summed E-state index contributed by atoms with van der Waals surface area (Å²) in [5.41, 5.74) is -0.0671. The molecule has 0 unspecified atom stereocenters. The molecule has 0 bridgehead atoms. The largest absolute Gasteiger partial charge is 0.352 e. The Kier molecular flexibility index (Phi) is 6.58. The van der Waals surface area contributed by atoms with Crippen LogP contribution in [0.3, 0.4) is 0 Å². The summed E-state index contributed by atoms with van der Waals surface area (Å²) in [5.74, 6) is -0.138. The number of rotatable bonds is 8. The van der Waals surface area contributed by atoms with Gasteiger partial charge >= 0.3 is 5.69 Å². The fourth-order valence-electron chi connectivity index (χ4n) is 3.04. The minimum Gasteiger partial charge on any atom is -0.352 e. The third-order valence-electron chi connectivity index (χ3n) is 4.73. The van der Waals surface area contributed by atoms with Crippen LogP contribution in [0.25, 0.3) is 6.08 Å². The van der Waals surface area contributed by atoms with E-state index in [9.17, 15) is 19.2 Å². The van der Waals surface area contributed by atoms with Gasteiger partial charge in [-0.15, -0.1) is 0 Å². The summed E-state index contributed by atoms with van der Waals surface area (Å²) in [5, 5.41) is 5.30. The van der Waals surface area contributed by atoms with Crippen LogP contribution in [-0.4, -0.2) is 39.6 Å². The highest BCUT2D eigenvalue weighted by Crippen LogP contribution is 2.37. The number of amides is 2. The summed E-state index contributed by atoms with van der Waals surface area (Å²) < 4.78 is 1.40. The van der Waals surface area contributed by atoms with Gasteiger partial charge in [0.25, 0.3) is 5.56 Å². The quantitative estimate of drug-likeness (QED) is 0.435. The van der Waals surface area contributed by atoms with Crippen LogP contribution in [0.1, 0.15) is 43.5 Å². The Morgan fingerprint density at radius 3 is 2.74 bits per heavy atom. The Bertz CT molecular complexity index is 1170. The first-order chi connectivity index (χ1) is 14.8. The number of aliphatic imine (C=N–C) groups is 1. The molecule has 1 aliphatic carbocycles. The van der Waals surface area contributed by atoms with Crippen LogP contribution in [0.15, 0.2) is 38.4 Å². The zero-order valence-electron chi connectivity index (χ0n) is 17.4. The molecule has 2 aromatic heterocycles. The maximum atomic E-state index is 12.4. The fraction of sp³-hybridized carbons (Fsp3) is 0.333. The van der Waals surface area contributed by atoms with Crippen molar-refractivity contribution in [2.75, 3.05) is 11.9 Å². The van der Waals surface area contributed by atoms with Crippen LogP contribution in [0, 0.1) is 6.92 Å². The number of carbonyl (C=O) groups is 2. The molecule has 0 spiro atoms. The van der Waals surface area contributed by atoms with Gasteiger partial charge in [-0.1, -0.05) is 6.07 Å². The van der Waals surface area contributed by atoms with Crippen LogP contribution < -0.4 is 21.9 Å². The molecular weight excluding hydrogens is 400 g/mol. The lowest BCUT2D eigenvalue weighted by Crippen LogP contribution is -2.31. The summed E-state index contributed by atoms with van der Waals surface area (Å²) >= 11 is 0. The van der Waals surface area contributed by atoms with E-state index in [1.165, 1.54) is 17.6 Å². The van der Waals surface area contributed by atoms with Gasteiger partial charge in [-0.2, -0.15) is 0 Å². The molecule has 162 valence electrons. The van der Waals surface area contributed by atoms with Crippen molar-refractivity contribution in [3.8, 4) is 0 Å². The molecule has 2 aromatic rings. The Balaban J connectivity index is 1.64. The average Bonchev–Trinajstić information content (AvgIpc) is 3.54. The minimum absolute atomic E-state index is 0.0208. The molecule has 0 aliphatic heterocycles. The van der Waals surface area contributed by atoms with Crippen LogP contribution in [-0.2, 0) is 9.59 Å². The molecule has 2 heterocycles. The monoisotopic (exact) mass is 424 g/mol. The topological polar surface area (TPSA) is 138 Å². The van der Waals surface area contributed by atoms with E-state index in [2.05, 4.69) is 32.3 Å². The predicted molar refractivity (Wildman–Crippen MR) is 118 cm³/mol. The molecule has 3 N–H and O–H groups in total. The van der Waals surface area contributed by atoms with Gasteiger partial charge in [0, 0.05) is 30.3 Å². The molecule has 2 amide bonds. The Morgan fingerprint density at radius 1 is 1.35 bits per heavy atom. The average molecular weight is 424 g/mol. The van der Waals surface area contributed by atoms with Crippen molar-refractivity contribution in [2.24, 2.45) is 4.99 Å². The van der Waals surface area contributed by atoms with E-state index < -0.39 is 17.2 Å². The summed E-state index contributed by atoms with van der Waals surface area (Å²) in [7, 11) is 0. The lowest BCUT2D eigenvalue weighted by Gasteiger charge is -2.10. The van der Waals surface area contributed by atoms with E-state index in [1.54, 1.807) is 12.1 Å². The molecular formula is C21H24N6O4. The van der Waals surface area contributed by atoms with Crippen molar-refractivity contribution in [3.05, 3.63) is 55.9 Å². The molecule has 1 saturated carbocycles. The van der Waals surface area contributed by atoms with Crippen molar-refractivity contribution in [3.63, 3.8) is 0 Å². The molecule has 1 fully saturated rings. The van der Waals surface area contributed by atoms with Crippen molar-refractivity contribution in [1.82, 2.24) is 19.9 Å². The number of aromatic nitrogens is 3. The summed E-state index contributed by atoms with van der Waals surface area (Å²) in [6.07, 6.45) is 3.06. The number of aromatic amines is 1. The number of hydrogen-bond donors (Lipinski definition) is 3. The first-order valence-corrected chi connectivity index (χ1v) is 9.85. The van der Waals surface area contributed by atoms with Gasteiger partial charge in [-0.25, -0.2) is 14.8 Å². The number of carbonyl (C=O) groups excluding carboxylic acids is 2. The van der Waals surface area contributed by atoms with Crippen molar-refractivity contribution in [2.45, 2.75) is 39.2 Å². The van der Waals surface area contributed by atoms with E-state index in [1.807, 2.05) is 13.0 Å². The highest BCUT2D eigenvalue weighted by atomic mass is 16.2. The third-order valence-corrected chi connectivity index (χ3v) is 4.73. The maximum absolute atomic E-state index is 12.4. The van der Waals surface area contributed by atoms with Gasteiger partial charge in [-0.3, -0.25) is 23.9 Å². The second-order valence-corrected chi connectivity index (χ2v) is 7.30. The zero-order valence-corrected chi connectivity index (χ0v) is 17.4. The Labute approximate surface area is 178 Å². The van der Waals surface area contributed by atoms with Gasteiger partial charge in [0.15, 0.2) is 0 Å². The van der Waals surface area contributed by atoms with Crippen molar-refractivity contribution < 1.29 is 9.59 Å². The standard InChI is InChI=1S/C21H24N6O4/c1-12(11-15-18(22-3)27(14-7-8-14)21(31)26-20(15)30)19(29)23-10-9-17(28)25-16-6-4-5-13(2)24-16/h4-6,11,14H,3,7-10H2,1-2H3,(H,23,29)(H,24,25,28)(H,26,30,31)/b12-11+. The first kappa shape index (κ1) is 21.9. The van der Waals surface area contributed by atoms with Gasteiger partial charge in [0.1, 0.15) is 11.6 Å². The molecule has 0 atom stereocenters. The molecule has 31 heavy (non-hydrogen) atoms. The number of H-pyrrole nitrogens is 1. The highest BCUT2D eigenvalue weighted by Gasteiger charge is 2.28. The second kappa shape index (κ2) is 9.33. The van der Waals surface area contributed by atoms with Gasteiger partial charge in [0.05, 0.1) is 5.56 Å². The SMILES string of the molecule is C=Nc1c(/C=C(\C)C(=O)NCCC(=O)Nc2cccc(C)n2)c(=O)[nH]c(=O)n1C1CC1. The van der Waals surface area contributed by atoms with E-state index >= 15 is 0 Å². The minimum atomic E-state index is -0.638. The van der Waals surface area contributed by atoms with E-state index in [-0.39, 0.29) is 41.9 Å². The van der Waals surface area contributed by atoms with E-state index in [4.69, 9.17) is 0 Å². The molecule has 0 aromatic carbocycles. The van der Waals surface area contributed by atoms with Crippen LogP contribution >= 0.6 is 0 Å². The predicted octanol–water partition coefficient (Wildman–Crippen LogP) is 1.46. The Morgan fingerprint density at radius 2 is 2.10 bits per heavy atom. The molecule has 10 nitrogen and oxygen atoms in total. The zero-order chi connectivity index (χ0) is 22.5. The molecule has 0 saturated heterocycles. The van der Waals surface area contributed by atoms with E-state index in [0.29, 0.717) is 5.82 Å². The first-order valence-electron chi connectivity index (χ1n) is 9.85. The molecule has 3 rings (SSSR count). The van der Waals surface area contributed by atoms with Crippen LogP contribution in [0.2, 0.25) is 0 Å². The highest BCUT2D eigenvalue weighted by molar-refractivity contribution is 5.98. The fourth-order valence-corrected chi connectivity index (χ4v) is 3.04. The van der Waals surface area contributed by atoms with E-state index in [0.717, 1.165) is 18.5 Å². The summed E-state index contributed by atoms with van der Waals surface area (Å²) in [6.45, 7) is 6.92. The van der Waals surface area contributed by atoms with Crippen molar-refractivity contribution in [1.29, 1.82) is 0 Å². The number of nitrogens with one attached hydrogen (secondary N) is 3. The second-order valence-electron chi connectivity index (χ2n) is 7.30. The summed E-state index contributed by atoms with van der Waals surface area (Å²) in [4.78, 5) is 59.1. The molecule has 10 heteroatoms. The number of pyridine rings is 1. The summed E-state index contributed by atoms with van der Waals surface area (Å²) in [6, 6.07) is 5.27. The number of hydrogen-bond acceptors (Lipinski definition) is 6. The lowest BCUT2D eigenvalue weighted by atomic mass is 10.1. The lowest BCUT2D eigenvalue weighted by molar-refractivity contribution is -0.118. The Hall–Kier alpha value is -3.82. The normalized spacial score (nSPS) is 13.5. The number of anilines is 1. The maximum Gasteiger partial charge on any atom is 0.330 e. The van der Waals surface area contributed by atoms with Crippen molar-refractivity contribution >= 4 is 36.2 Å². The van der Waals surface area contributed by atoms with Gasteiger partial charge in [0.2, 0.25) is 11.8 Å². The third kappa shape index (κ3) is 5.41. The van der Waals surface area contributed by atoms with Gasteiger partial charge in [-0.05, 0) is 51.6 Å².